The van der Waals surface area contributed by atoms with Gasteiger partial charge in [-0.05, 0) is 65.0 Å². The number of hydrogen-bond acceptors (Lipinski definition) is 2. The van der Waals surface area contributed by atoms with Crippen LogP contribution in [-0.2, 0) is 4.79 Å². The molecule has 2 rings (SSSR count). The molecule has 1 amide bonds. The zero-order valence-corrected chi connectivity index (χ0v) is 11.2. The van der Waals surface area contributed by atoms with Crippen LogP contribution in [0.3, 0.4) is 0 Å². The van der Waals surface area contributed by atoms with Crippen molar-refractivity contribution in [1.82, 2.24) is 10.2 Å². The van der Waals surface area contributed by atoms with Crippen molar-refractivity contribution in [3.05, 3.63) is 0 Å². The van der Waals surface area contributed by atoms with Crippen molar-refractivity contribution in [3.63, 3.8) is 0 Å². The third-order valence-electron chi connectivity index (χ3n) is 4.34. The number of hydrogen-bond donors (Lipinski definition) is 1. The van der Waals surface area contributed by atoms with Gasteiger partial charge in [0.25, 0.3) is 0 Å². The smallest absolute Gasteiger partial charge is 0.223 e. The van der Waals surface area contributed by atoms with E-state index >= 15 is 0 Å². The molecule has 17 heavy (non-hydrogen) atoms. The average molecular weight is 238 g/mol. The fourth-order valence-corrected chi connectivity index (χ4v) is 3.36. The van der Waals surface area contributed by atoms with Crippen LogP contribution in [0.1, 0.15) is 52.4 Å². The van der Waals surface area contributed by atoms with Crippen molar-refractivity contribution in [1.29, 1.82) is 0 Å². The van der Waals surface area contributed by atoms with Gasteiger partial charge < -0.3 is 10.2 Å². The number of nitrogens with zero attached hydrogens (tertiary/aromatic N) is 1. The molecule has 2 heterocycles. The highest BCUT2D eigenvalue weighted by Crippen LogP contribution is 2.25. The van der Waals surface area contributed by atoms with Gasteiger partial charge in [-0.15, -0.1) is 0 Å². The second-order valence-corrected chi connectivity index (χ2v) is 5.85. The molecule has 0 aliphatic carbocycles. The van der Waals surface area contributed by atoms with E-state index in [0.29, 0.717) is 23.9 Å². The molecule has 3 unspecified atom stereocenters. The monoisotopic (exact) mass is 238 g/mol. The SMILES string of the molecule is CC1CCCC(C)N1C(=O)CC1CCCNC1. The van der Waals surface area contributed by atoms with Crippen LogP contribution in [0, 0.1) is 5.92 Å². The largest absolute Gasteiger partial charge is 0.337 e. The third-order valence-corrected chi connectivity index (χ3v) is 4.34. The summed E-state index contributed by atoms with van der Waals surface area (Å²) in [6, 6.07) is 0.894. The molecule has 0 saturated carbocycles. The van der Waals surface area contributed by atoms with Gasteiger partial charge in [0.2, 0.25) is 5.91 Å². The molecule has 0 aromatic heterocycles. The number of carbonyl (C=O) groups is 1. The Bertz CT molecular complexity index is 251. The Labute approximate surface area is 105 Å². The summed E-state index contributed by atoms with van der Waals surface area (Å²) in [5.41, 5.74) is 0. The van der Waals surface area contributed by atoms with Crippen LogP contribution < -0.4 is 5.32 Å². The molecule has 0 aromatic carbocycles. The van der Waals surface area contributed by atoms with E-state index in [-0.39, 0.29) is 0 Å². The summed E-state index contributed by atoms with van der Waals surface area (Å²) in [5.74, 6) is 0.955. The fraction of sp³-hybridized carbons (Fsp3) is 0.929. The van der Waals surface area contributed by atoms with Crippen LogP contribution in [0.25, 0.3) is 0 Å². The molecule has 2 aliphatic heterocycles. The number of amides is 1. The highest BCUT2D eigenvalue weighted by Gasteiger charge is 2.30. The van der Waals surface area contributed by atoms with E-state index in [1.54, 1.807) is 0 Å². The van der Waals surface area contributed by atoms with E-state index < -0.39 is 0 Å². The van der Waals surface area contributed by atoms with Gasteiger partial charge in [-0.1, -0.05) is 0 Å². The van der Waals surface area contributed by atoms with Gasteiger partial charge in [0.1, 0.15) is 0 Å². The molecule has 3 atom stereocenters. The number of carbonyl (C=O) groups excluding carboxylic acids is 1. The van der Waals surface area contributed by atoms with Crippen molar-refractivity contribution >= 4 is 5.91 Å². The van der Waals surface area contributed by atoms with Crippen molar-refractivity contribution in [2.24, 2.45) is 5.92 Å². The summed E-state index contributed by atoms with van der Waals surface area (Å²) in [4.78, 5) is 14.5. The van der Waals surface area contributed by atoms with E-state index in [1.807, 2.05) is 0 Å². The van der Waals surface area contributed by atoms with Crippen LogP contribution in [0.5, 0.6) is 0 Å². The van der Waals surface area contributed by atoms with E-state index in [0.717, 1.165) is 19.5 Å². The lowest BCUT2D eigenvalue weighted by Gasteiger charge is -2.40. The van der Waals surface area contributed by atoms with E-state index in [9.17, 15) is 4.79 Å². The maximum absolute atomic E-state index is 12.4. The lowest BCUT2D eigenvalue weighted by Crippen LogP contribution is -2.48. The summed E-state index contributed by atoms with van der Waals surface area (Å²) >= 11 is 0. The lowest BCUT2D eigenvalue weighted by atomic mass is 9.92. The maximum Gasteiger partial charge on any atom is 0.223 e. The molecule has 98 valence electrons. The highest BCUT2D eigenvalue weighted by molar-refractivity contribution is 5.77. The molecule has 2 aliphatic rings. The Morgan fingerprint density at radius 2 is 1.88 bits per heavy atom. The molecule has 1 N–H and O–H groups in total. The molecule has 0 aromatic rings. The van der Waals surface area contributed by atoms with Gasteiger partial charge in [0, 0.05) is 18.5 Å². The zero-order chi connectivity index (χ0) is 12.3. The van der Waals surface area contributed by atoms with Crippen molar-refractivity contribution in [2.45, 2.75) is 64.5 Å². The molecule has 0 spiro atoms. The average Bonchev–Trinajstić information content (AvgIpc) is 2.30. The first kappa shape index (κ1) is 12.9. The van der Waals surface area contributed by atoms with Crippen LogP contribution >= 0.6 is 0 Å². The Morgan fingerprint density at radius 1 is 1.18 bits per heavy atom. The minimum Gasteiger partial charge on any atom is -0.337 e. The molecule has 0 bridgehead atoms. The molecule has 2 fully saturated rings. The first-order chi connectivity index (χ1) is 8.18. The Balaban J connectivity index is 1.88. The van der Waals surface area contributed by atoms with E-state index in [2.05, 4.69) is 24.1 Å². The second kappa shape index (κ2) is 5.85. The number of likely N-dealkylation sites (tertiary alicyclic amines) is 1. The Morgan fingerprint density at radius 3 is 2.47 bits per heavy atom. The topological polar surface area (TPSA) is 32.3 Å². The quantitative estimate of drug-likeness (QED) is 0.799. The van der Waals surface area contributed by atoms with Crippen molar-refractivity contribution in [3.8, 4) is 0 Å². The molecular formula is C14H26N2O. The third kappa shape index (κ3) is 3.21. The Kier molecular flexibility index (Phi) is 4.43. The standard InChI is InChI=1S/C14H26N2O/c1-11-5-3-6-12(2)16(11)14(17)9-13-7-4-8-15-10-13/h11-13,15H,3-10H2,1-2H3. The predicted octanol–water partition coefficient (Wildman–Crippen LogP) is 2.17. The zero-order valence-electron chi connectivity index (χ0n) is 11.2. The molecule has 3 heteroatoms. The van der Waals surface area contributed by atoms with Gasteiger partial charge in [-0.25, -0.2) is 0 Å². The summed E-state index contributed by atoms with van der Waals surface area (Å²) in [5, 5.41) is 3.39. The molecular weight excluding hydrogens is 212 g/mol. The summed E-state index contributed by atoms with van der Waals surface area (Å²) in [7, 11) is 0. The second-order valence-electron chi connectivity index (χ2n) is 5.85. The van der Waals surface area contributed by atoms with E-state index in [1.165, 1.54) is 32.1 Å². The van der Waals surface area contributed by atoms with Gasteiger partial charge >= 0.3 is 0 Å². The van der Waals surface area contributed by atoms with Gasteiger partial charge in [0.15, 0.2) is 0 Å². The Hall–Kier alpha value is -0.570. The lowest BCUT2D eigenvalue weighted by molar-refractivity contribution is -0.138. The number of rotatable bonds is 2. The maximum atomic E-state index is 12.4. The predicted molar refractivity (Wildman–Crippen MR) is 69.8 cm³/mol. The number of piperidine rings is 2. The highest BCUT2D eigenvalue weighted by atomic mass is 16.2. The summed E-state index contributed by atoms with van der Waals surface area (Å²) < 4.78 is 0. The summed E-state index contributed by atoms with van der Waals surface area (Å²) in [6.45, 7) is 6.56. The molecule has 2 saturated heterocycles. The number of nitrogens with one attached hydrogen (secondary N) is 1. The van der Waals surface area contributed by atoms with Crippen molar-refractivity contribution < 1.29 is 4.79 Å². The van der Waals surface area contributed by atoms with Crippen LogP contribution in [0.2, 0.25) is 0 Å². The van der Waals surface area contributed by atoms with Crippen molar-refractivity contribution in [2.75, 3.05) is 13.1 Å². The van der Waals surface area contributed by atoms with Crippen LogP contribution in [0.4, 0.5) is 0 Å². The fourth-order valence-electron chi connectivity index (χ4n) is 3.36. The molecule has 0 radical (unpaired) electrons. The molecule has 3 nitrogen and oxygen atoms in total. The first-order valence-corrected chi connectivity index (χ1v) is 7.20. The van der Waals surface area contributed by atoms with Gasteiger partial charge in [-0.2, -0.15) is 0 Å². The summed E-state index contributed by atoms with van der Waals surface area (Å²) in [6.07, 6.45) is 6.83. The van der Waals surface area contributed by atoms with Gasteiger partial charge in [-0.3, -0.25) is 4.79 Å². The van der Waals surface area contributed by atoms with Crippen LogP contribution in [0.15, 0.2) is 0 Å². The minimum absolute atomic E-state index is 0.387. The van der Waals surface area contributed by atoms with Gasteiger partial charge in [0.05, 0.1) is 0 Å². The van der Waals surface area contributed by atoms with Crippen LogP contribution in [-0.4, -0.2) is 36.0 Å². The first-order valence-electron chi connectivity index (χ1n) is 7.20. The minimum atomic E-state index is 0.387. The normalized spacial score (nSPS) is 34.7. The van der Waals surface area contributed by atoms with E-state index in [4.69, 9.17) is 0 Å².